The molecule has 0 amide bonds. The van der Waals surface area contributed by atoms with Crippen LogP contribution >= 0.6 is 34.2 Å². The van der Waals surface area contributed by atoms with Gasteiger partial charge < -0.3 is 11.1 Å². The Balaban J connectivity index is 1.67. The second-order valence-electron chi connectivity index (χ2n) is 7.70. The van der Waals surface area contributed by atoms with Crippen molar-refractivity contribution in [2.24, 2.45) is 5.73 Å². The summed E-state index contributed by atoms with van der Waals surface area (Å²) in [5.74, 6) is 0. The van der Waals surface area contributed by atoms with Gasteiger partial charge in [0.1, 0.15) is 3.55 Å². The van der Waals surface area contributed by atoms with Gasteiger partial charge >= 0.3 is 0 Å². The number of hydrogen-bond donors (Lipinski definition) is 2. The third kappa shape index (κ3) is 3.84. The van der Waals surface area contributed by atoms with Crippen molar-refractivity contribution in [1.82, 2.24) is 15.3 Å². The minimum absolute atomic E-state index is 0.411. The summed E-state index contributed by atoms with van der Waals surface area (Å²) in [4.78, 5) is 8.91. The van der Waals surface area contributed by atoms with E-state index in [1.165, 1.54) is 5.56 Å². The second-order valence-corrected chi connectivity index (χ2v) is 9.84. The lowest BCUT2D eigenvalue weighted by molar-refractivity contribution is 0.308. The third-order valence-electron chi connectivity index (χ3n) is 5.47. The molecule has 29 heavy (non-hydrogen) atoms. The molecule has 0 radical (unpaired) electrons. The standard InChI is InChI=1S/C23H22ClIN4/c1-22(2,29-14-15-9-11-27-20-6-4-3-5-17(15)20)23(25,26)19-10-12-28-21-13-16(24)7-8-18(19)21/h3-13,29H,14,26H2,1-2H3. The van der Waals surface area contributed by atoms with Crippen LogP contribution in [0.2, 0.25) is 5.02 Å². The molecule has 4 nitrogen and oxygen atoms in total. The van der Waals surface area contributed by atoms with Gasteiger partial charge in [-0.2, -0.15) is 0 Å². The lowest BCUT2D eigenvalue weighted by Crippen LogP contribution is -2.58. The second kappa shape index (κ2) is 7.80. The van der Waals surface area contributed by atoms with Crippen LogP contribution in [0.1, 0.15) is 25.0 Å². The number of nitrogens with two attached hydrogens (primary N) is 1. The fraction of sp³-hybridized carbons (Fsp3) is 0.217. The maximum absolute atomic E-state index is 6.95. The molecule has 148 valence electrons. The summed E-state index contributed by atoms with van der Waals surface area (Å²) >= 11 is 8.49. The molecule has 6 heteroatoms. The van der Waals surface area contributed by atoms with E-state index in [2.05, 4.69) is 63.9 Å². The summed E-state index contributed by atoms with van der Waals surface area (Å²) in [5.41, 5.74) is 10.6. The summed E-state index contributed by atoms with van der Waals surface area (Å²) < 4.78 is -0.678. The van der Waals surface area contributed by atoms with E-state index in [0.29, 0.717) is 11.6 Å². The molecule has 0 bridgehead atoms. The average Bonchev–Trinajstić information content (AvgIpc) is 2.71. The van der Waals surface area contributed by atoms with E-state index in [4.69, 9.17) is 17.3 Å². The lowest BCUT2D eigenvalue weighted by atomic mass is 9.87. The molecule has 2 heterocycles. The highest BCUT2D eigenvalue weighted by molar-refractivity contribution is 14.1. The number of pyridine rings is 2. The molecule has 0 aliphatic carbocycles. The number of nitrogens with one attached hydrogen (secondary N) is 1. The molecule has 4 rings (SSSR count). The first-order valence-electron chi connectivity index (χ1n) is 9.40. The fourth-order valence-electron chi connectivity index (χ4n) is 3.53. The Morgan fingerprint density at radius 1 is 0.966 bits per heavy atom. The van der Waals surface area contributed by atoms with Gasteiger partial charge in [0.05, 0.1) is 11.0 Å². The number of halogens is 2. The Morgan fingerprint density at radius 3 is 2.52 bits per heavy atom. The highest BCUT2D eigenvalue weighted by Crippen LogP contribution is 2.40. The summed E-state index contributed by atoms with van der Waals surface area (Å²) in [6.45, 7) is 4.95. The van der Waals surface area contributed by atoms with Crippen LogP contribution in [-0.2, 0) is 10.1 Å². The Morgan fingerprint density at radius 2 is 1.69 bits per heavy atom. The number of rotatable bonds is 5. The molecule has 0 saturated carbocycles. The zero-order valence-corrected chi connectivity index (χ0v) is 19.2. The lowest BCUT2D eigenvalue weighted by Gasteiger charge is -2.41. The first-order valence-corrected chi connectivity index (χ1v) is 10.9. The minimum atomic E-state index is -0.678. The van der Waals surface area contributed by atoms with Gasteiger partial charge in [-0.05, 0) is 55.3 Å². The maximum atomic E-state index is 6.95. The van der Waals surface area contributed by atoms with Crippen molar-refractivity contribution >= 4 is 56.0 Å². The fourth-order valence-corrected chi connectivity index (χ4v) is 4.36. The van der Waals surface area contributed by atoms with Crippen molar-refractivity contribution in [1.29, 1.82) is 0 Å². The van der Waals surface area contributed by atoms with E-state index in [-0.39, 0.29) is 0 Å². The molecule has 0 aliphatic heterocycles. The predicted molar refractivity (Wildman–Crippen MR) is 129 cm³/mol. The van der Waals surface area contributed by atoms with E-state index in [0.717, 1.165) is 27.4 Å². The van der Waals surface area contributed by atoms with Crippen LogP contribution in [0.4, 0.5) is 0 Å². The third-order valence-corrected chi connectivity index (χ3v) is 7.63. The van der Waals surface area contributed by atoms with Crippen molar-refractivity contribution in [2.75, 3.05) is 0 Å². The van der Waals surface area contributed by atoms with E-state index in [1.54, 1.807) is 6.20 Å². The van der Waals surface area contributed by atoms with Gasteiger partial charge in [-0.25, -0.2) is 0 Å². The molecule has 0 fully saturated rings. The van der Waals surface area contributed by atoms with Crippen LogP contribution in [0.3, 0.4) is 0 Å². The maximum Gasteiger partial charge on any atom is 0.112 e. The number of aromatic nitrogens is 2. The van der Waals surface area contributed by atoms with Gasteiger partial charge in [-0.3, -0.25) is 9.97 Å². The van der Waals surface area contributed by atoms with Gasteiger partial charge in [-0.15, -0.1) is 0 Å². The zero-order chi connectivity index (χ0) is 20.6. The highest BCUT2D eigenvalue weighted by atomic mass is 127. The Bertz CT molecular complexity index is 1180. The van der Waals surface area contributed by atoms with Gasteiger partial charge in [0, 0.05) is 40.3 Å². The molecule has 2 aromatic carbocycles. The number of nitrogens with zero attached hydrogens (tertiary/aromatic N) is 2. The Hall–Kier alpha value is -1.80. The van der Waals surface area contributed by atoms with Gasteiger partial charge in [0.2, 0.25) is 0 Å². The summed E-state index contributed by atoms with van der Waals surface area (Å²) in [5, 5.41) is 6.51. The molecule has 0 spiro atoms. The van der Waals surface area contributed by atoms with Gasteiger partial charge in [0.15, 0.2) is 0 Å². The molecule has 4 aromatic rings. The predicted octanol–water partition coefficient (Wildman–Crippen LogP) is 5.55. The number of para-hydroxylation sites is 1. The van der Waals surface area contributed by atoms with E-state index in [1.807, 2.05) is 48.7 Å². The molecule has 0 aliphatic rings. The normalized spacial score (nSPS) is 14.2. The van der Waals surface area contributed by atoms with E-state index in [9.17, 15) is 0 Å². The number of benzene rings is 2. The quantitative estimate of drug-likeness (QED) is 0.207. The van der Waals surface area contributed by atoms with Crippen LogP contribution in [0.25, 0.3) is 21.8 Å². The first-order chi connectivity index (χ1) is 13.8. The monoisotopic (exact) mass is 516 g/mol. The molecule has 1 atom stereocenters. The van der Waals surface area contributed by atoms with Crippen molar-refractivity contribution in [3.05, 3.63) is 83.1 Å². The summed E-state index contributed by atoms with van der Waals surface area (Å²) in [6, 6.07) is 18.0. The van der Waals surface area contributed by atoms with Crippen molar-refractivity contribution < 1.29 is 0 Å². The molecule has 3 N–H and O–H groups in total. The molecule has 1 unspecified atom stereocenters. The first kappa shape index (κ1) is 20.5. The largest absolute Gasteiger partial charge is 0.312 e. The van der Waals surface area contributed by atoms with E-state index >= 15 is 0 Å². The van der Waals surface area contributed by atoms with Crippen molar-refractivity contribution in [2.45, 2.75) is 29.5 Å². The number of hydrogen-bond acceptors (Lipinski definition) is 4. The SMILES string of the molecule is CC(C)(NCc1ccnc2ccccc12)C(N)(I)c1ccnc2cc(Cl)ccc12. The molecular formula is C23H22ClIN4. The average molecular weight is 517 g/mol. The van der Waals surface area contributed by atoms with Gasteiger partial charge in [0.25, 0.3) is 0 Å². The van der Waals surface area contributed by atoms with Crippen LogP contribution in [0.5, 0.6) is 0 Å². The topological polar surface area (TPSA) is 63.8 Å². The minimum Gasteiger partial charge on any atom is -0.312 e. The molecule has 0 saturated heterocycles. The van der Waals surface area contributed by atoms with Crippen LogP contribution in [-0.4, -0.2) is 15.5 Å². The Labute approximate surface area is 189 Å². The zero-order valence-electron chi connectivity index (χ0n) is 16.3. The van der Waals surface area contributed by atoms with Crippen molar-refractivity contribution in [3.8, 4) is 0 Å². The van der Waals surface area contributed by atoms with Crippen LogP contribution in [0.15, 0.2) is 67.0 Å². The van der Waals surface area contributed by atoms with Crippen LogP contribution < -0.4 is 11.1 Å². The molecule has 2 aromatic heterocycles. The van der Waals surface area contributed by atoms with Crippen molar-refractivity contribution in [3.63, 3.8) is 0 Å². The smallest absolute Gasteiger partial charge is 0.112 e. The highest BCUT2D eigenvalue weighted by Gasteiger charge is 2.41. The summed E-state index contributed by atoms with van der Waals surface area (Å²) in [6.07, 6.45) is 3.65. The summed E-state index contributed by atoms with van der Waals surface area (Å²) in [7, 11) is 0. The number of alkyl halides is 1. The van der Waals surface area contributed by atoms with Crippen LogP contribution in [0, 0.1) is 0 Å². The number of fused-ring (bicyclic) bond motifs is 2. The Kier molecular flexibility index (Phi) is 5.50. The molecular weight excluding hydrogens is 495 g/mol. The van der Waals surface area contributed by atoms with E-state index < -0.39 is 9.08 Å². The van der Waals surface area contributed by atoms with Gasteiger partial charge in [-0.1, -0.05) is 58.5 Å².